The number of aromatic nitrogens is 4. The van der Waals surface area contributed by atoms with Crippen molar-refractivity contribution in [1.29, 1.82) is 0 Å². The molecule has 0 aliphatic carbocycles. The largest absolute Gasteiger partial charge is 0.495 e. The van der Waals surface area contributed by atoms with Gasteiger partial charge >= 0.3 is 0 Å². The molecule has 0 spiro atoms. The minimum absolute atomic E-state index is 0.219. The molecule has 10 heteroatoms. The van der Waals surface area contributed by atoms with Crippen LogP contribution < -0.4 is 20.5 Å². The number of benzene rings is 3. The number of fused-ring (bicyclic) bond motifs is 1. The molecule has 0 saturated heterocycles. The van der Waals surface area contributed by atoms with Crippen molar-refractivity contribution < 1.29 is 18.3 Å². The third-order valence-corrected chi connectivity index (χ3v) is 5.02. The lowest BCUT2D eigenvalue weighted by Gasteiger charge is -2.12. The van der Waals surface area contributed by atoms with Gasteiger partial charge in [0.25, 0.3) is 0 Å². The molecule has 0 bridgehead atoms. The summed E-state index contributed by atoms with van der Waals surface area (Å²) in [5, 5.41) is 11.5. The van der Waals surface area contributed by atoms with Gasteiger partial charge in [-0.2, -0.15) is 0 Å². The minimum atomic E-state index is -0.519. The molecule has 0 aliphatic heterocycles. The van der Waals surface area contributed by atoms with Crippen molar-refractivity contribution in [2.24, 2.45) is 0 Å². The highest BCUT2D eigenvalue weighted by Crippen LogP contribution is 2.33. The first-order chi connectivity index (χ1) is 16.5. The van der Waals surface area contributed by atoms with Crippen molar-refractivity contribution >= 4 is 28.1 Å². The summed E-state index contributed by atoms with van der Waals surface area (Å²) in [6.07, 6.45) is 1.38. The smallest absolute Gasteiger partial charge is 0.247 e. The lowest BCUT2D eigenvalue weighted by atomic mass is 10.2. The van der Waals surface area contributed by atoms with Gasteiger partial charge in [-0.05, 0) is 36.4 Å². The summed E-state index contributed by atoms with van der Waals surface area (Å²) < 4.78 is 31.4. The van der Waals surface area contributed by atoms with Gasteiger partial charge < -0.3 is 24.9 Å². The van der Waals surface area contributed by atoms with Gasteiger partial charge in [0.05, 0.1) is 24.0 Å². The summed E-state index contributed by atoms with van der Waals surface area (Å²) >= 11 is 0. The zero-order chi connectivity index (χ0) is 23.7. The lowest BCUT2D eigenvalue weighted by molar-refractivity contribution is 0.417. The van der Waals surface area contributed by atoms with Crippen LogP contribution in [-0.4, -0.2) is 27.3 Å². The second-order valence-electron chi connectivity index (χ2n) is 7.36. The molecule has 0 radical (unpaired) electrons. The second kappa shape index (κ2) is 8.66. The molecular formula is C24H19FN6O3. The maximum atomic E-state index is 14.9. The average Bonchev–Trinajstić information content (AvgIpc) is 3.27. The highest BCUT2D eigenvalue weighted by atomic mass is 19.1. The predicted octanol–water partition coefficient (Wildman–Crippen LogP) is 5.25. The van der Waals surface area contributed by atoms with Crippen LogP contribution in [0.25, 0.3) is 22.4 Å². The molecule has 2 heterocycles. The van der Waals surface area contributed by atoms with E-state index in [9.17, 15) is 4.39 Å². The van der Waals surface area contributed by atoms with Crippen LogP contribution in [0.4, 0.5) is 21.6 Å². The zero-order valence-electron chi connectivity index (χ0n) is 18.2. The number of anilines is 3. The summed E-state index contributed by atoms with van der Waals surface area (Å²) in [5.41, 5.74) is 7.97. The van der Waals surface area contributed by atoms with Gasteiger partial charge in [-0.25, -0.2) is 14.4 Å². The number of nitrogen functional groups attached to an aromatic ring is 1. The third kappa shape index (κ3) is 4.16. The SMILES string of the molecule is COc1cc2ncnc(Nc3ccc(Oc4cccc(-c5nnc(C)o5)c4)cc3F)c2cc1N. The number of nitrogens with zero attached hydrogens (tertiary/aromatic N) is 4. The highest BCUT2D eigenvalue weighted by Gasteiger charge is 2.12. The number of methoxy groups -OCH3 is 1. The fraction of sp³-hybridized carbons (Fsp3) is 0.0833. The van der Waals surface area contributed by atoms with Crippen LogP contribution in [0, 0.1) is 12.7 Å². The van der Waals surface area contributed by atoms with Gasteiger partial charge in [0.1, 0.15) is 35.2 Å². The van der Waals surface area contributed by atoms with Crippen LogP contribution in [0.15, 0.2) is 65.3 Å². The summed E-state index contributed by atoms with van der Waals surface area (Å²) in [6.45, 7) is 1.71. The standard InChI is InChI=1S/C24H19FN6O3/c1-13-30-31-24(33-13)14-4-3-5-15(8-14)34-16-6-7-20(18(25)9-16)29-23-17-10-19(26)22(32-2)11-21(17)27-12-28-23/h3-12H,26H2,1-2H3,(H,27,28,29). The van der Waals surface area contributed by atoms with Gasteiger partial charge in [-0.3, -0.25) is 0 Å². The van der Waals surface area contributed by atoms with Gasteiger partial charge in [0.2, 0.25) is 11.8 Å². The molecule has 3 aromatic carbocycles. The van der Waals surface area contributed by atoms with E-state index >= 15 is 0 Å². The summed E-state index contributed by atoms with van der Waals surface area (Å²) in [6, 6.07) is 15.0. The predicted molar refractivity (Wildman–Crippen MR) is 125 cm³/mol. The van der Waals surface area contributed by atoms with Gasteiger partial charge in [-0.15, -0.1) is 10.2 Å². The Kier molecular flexibility index (Phi) is 5.38. The monoisotopic (exact) mass is 458 g/mol. The van der Waals surface area contributed by atoms with Gasteiger partial charge in [-0.1, -0.05) is 6.07 Å². The number of hydrogen-bond donors (Lipinski definition) is 2. The Morgan fingerprint density at radius 2 is 1.85 bits per heavy atom. The quantitative estimate of drug-likeness (QED) is 0.328. The van der Waals surface area contributed by atoms with Crippen molar-refractivity contribution in [3.63, 3.8) is 0 Å². The van der Waals surface area contributed by atoms with Crippen LogP contribution in [0.1, 0.15) is 5.89 Å². The Hall–Kier alpha value is -4.73. The third-order valence-electron chi connectivity index (χ3n) is 5.02. The molecule has 0 fully saturated rings. The molecule has 0 amide bonds. The van der Waals surface area contributed by atoms with Crippen LogP contribution in [0.3, 0.4) is 0 Å². The van der Waals surface area contributed by atoms with E-state index in [0.29, 0.717) is 57.0 Å². The van der Waals surface area contributed by atoms with E-state index in [1.807, 2.05) is 6.07 Å². The molecule has 0 atom stereocenters. The number of aryl methyl sites for hydroxylation is 1. The maximum Gasteiger partial charge on any atom is 0.247 e. The molecule has 0 unspecified atom stereocenters. The normalized spacial score (nSPS) is 10.9. The van der Waals surface area contributed by atoms with Crippen molar-refractivity contribution in [3.05, 3.63) is 72.6 Å². The van der Waals surface area contributed by atoms with E-state index in [1.54, 1.807) is 49.4 Å². The molecule has 0 saturated carbocycles. The van der Waals surface area contributed by atoms with E-state index in [1.165, 1.54) is 19.5 Å². The van der Waals surface area contributed by atoms with Crippen LogP contribution in [0.2, 0.25) is 0 Å². The van der Waals surface area contributed by atoms with E-state index in [4.69, 9.17) is 19.6 Å². The van der Waals surface area contributed by atoms with Crippen LogP contribution >= 0.6 is 0 Å². The molecular weight excluding hydrogens is 439 g/mol. The fourth-order valence-electron chi connectivity index (χ4n) is 3.41. The van der Waals surface area contributed by atoms with Crippen molar-refractivity contribution in [3.8, 4) is 28.7 Å². The molecule has 9 nitrogen and oxygen atoms in total. The van der Waals surface area contributed by atoms with E-state index < -0.39 is 5.82 Å². The number of hydrogen-bond acceptors (Lipinski definition) is 9. The van der Waals surface area contributed by atoms with Crippen LogP contribution in [0.5, 0.6) is 17.2 Å². The Morgan fingerprint density at radius 3 is 2.62 bits per heavy atom. The number of nitrogens with two attached hydrogens (primary N) is 1. The summed E-state index contributed by atoms with van der Waals surface area (Å²) in [7, 11) is 1.53. The molecule has 170 valence electrons. The minimum Gasteiger partial charge on any atom is -0.495 e. The maximum absolute atomic E-state index is 14.9. The average molecular weight is 458 g/mol. The Morgan fingerprint density at radius 1 is 1.00 bits per heavy atom. The molecule has 34 heavy (non-hydrogen) atoms. The first-order valence-corrected chi connectivity index (χ1v) is 10.2. The molecule has 0 aliphatic rings. The van der Waals surface area contributed by atoms with Gasteiger partial charge in [0, 0.05) is 30.0 Å². The second-order valence-corrected chi connectivity index (χ2v) is 7.36. The molecule has 5 aromatic rings. The fourth-order valence-corrected chi connectivity index (χ4v) is 3.41. The van der Waals surface area contributed by atoms with Gasteiger partial charge in [0.15, 0.2) is 0 Å². The van der Waals surface area contributed by atoms with Crippen molar-refractivity contribution in [2.45, 2.75) is 6.92 Å². The first kappa shape index (κ1) is 21.1. The lowest BCUT2D eigenvalue weighted by Crippen LogP contribution is -2.00. The molecule has 3 N–H and O–H groups in total. The number of rotatable bonds is 6. The summed E-state index contributed by atoms with van der Waals surface area (Å²) in [5.74, 6) is 2.06. The van der Waals surface area contributed by atoms with E-state index in [0.717, 1.165) is 0 Å². The Labute approximate surface area is 193 Å². The zero-order valence-corrected chi connectivity index (χ0v) is 18.2. The van der Waals surface area contributed by atoms with E-state index in [2.05, 4.69) is 25.5 Å². The highest BCUT2D eigenvalue weighted by molar-refractivity contribution is 5.94. The summed E-state index contributed by atoms with van der Waals surface area (Å²) in [4.78, 5) is 8.47. The van der Waals surface area contributed by atoms with E-state index in [-0.39, 0.29) is 5.69 Å². The Balaban J connectivity index is 1.38. The van der Waals surface area contributed by atoms with Crippen molar-refractivity contribution in [2.75, 3.05) is 18.2 Å². The molecule has 2 aromatic heterocycles. The molecule has 5 rings (SSSR count). The number of ether oxygens (including phenoxy) is 2. The first-order valence-electron chi connectivity index (χ1n) is 10.2. The van der Waals surface area contributed by atoms with Crippen LogP contribution in [-0.2, 0) is 0 Å². The number of nitrogens with one attached hydrogen (secondary N) is 1. The van der Waals surface area contributed by atoms with Crippen molar-refractivity contribution in [1.82, 2.24) is 20.2 Å². The number of halogens is 1. The Bertz CT molecular complexity index is 1500. The topological polar surface area (TPSA) is 121 Å².